The maximum Gasteiger partial charge on any atom is 0.0312 e. The molecule has 1 fully saturated rings. The maximum absolute atomic E-state index is 6.00. The Kier molecular flexibility index (Phi) is 4.61. The molecule has 2 unspecified atom stereocenters. The van der Waals surface area contributed by atoms with E-state index < -0.39 is 0 Å². The largest absolute Gasteiger partial charge is 0.310 e. The lowest BCUT2D eigenvalue weighted by molar-refractivity contribution is 0.282. The fourth-order valence-electron chi connectivity index (χ4n) is 2.41. The summed E-state index contributed by atoms with van der Waals surface area (Å²) in [5.41, 5.74) is 1.25. The molecule has 1 saturated carbocycles. The Balaban J connectivity index is 1.84. The second kappa shape index (κ2) is 6.21. The molecule has 0 saturated heterocycles. The molecule has 1 aliphatic carbocycles. The Bertz CT molecular complexity index is 302. The Labute approximate surface area is 102 Å². The van der Waals surface area contributed by atoms with Crippen LogP contribution in [-0.4, -0.2) is 16.9 Å². The van der Waals surface area contributed by atoms with Crippen LogP contribution in [0.2, 0.25) is 0 Å². The van der Waals surface area contributed by atoms with Crippen molar-refractivity contribution < 1.29 is 0 Å². The van der Waals surface area contributed by atoms with E-state index in [9.17, 15) is 0 Å². The quantitative estimate of drug-likeness (QED) is 0.816. The van der Waals surface area contributed by atoms with Gasteiger partial charge in [-0.05, 0) is 30.4 Å². The first-order valence-electron chi connectivity index (χ1n) is 6.08. The zero-order chi connectivity index (χ0) is 11.2. The van der Waals surface area contributed by atoms with Crippen LogP contribution < -0.4 is 5.32 Å². The zero-order valence-corrected chi connectivity index (χ0v) is 10.3. The van der Waals surface area contributed by atoms with E-state index in [1.54, 1.807) is 0 Å². The van der Waals surface area contributed by atoms with Gasteiger partial charge in [-0.25, -0.2) is 0 Å². The van der Waals surface area contributed by atoms with E-state index in [1.165, 1.54) is 31.2 Å². The minimum Gasteiger partial charge on any atom is -0.310 e. The lowest BCUT2D eigenvalue weighted by atomic mass is 9.85. The van der Waals surface area contributed by atoms with Gasteiger partial charge in [-0.1, -0.05) is 18.9 Å². The van der Waals surface area contributed by atoms with Gasteiger partial charge in [0.2, 0.25) is 0 Å². The first-order valence-corrected chi connectivity index (χ1v) is 6.62. The average molecular weight is 239 g/mol. The summed E-state index contributed by atoms with van der Waals surface area (Å²) in [6.45, 7) is 0.909. The van der Waals surface area contributed by atoms with Crippen LogP contribution in [0.15, 0.2) is 24.5 Å². The topological polar surface area (TPSA) is 24.9 Å². The Morgan fingerprint density at radius 3 is 3.00 bits per heavy atom. The number of hydrogen-bond donors (Lipinski definition) is 1. The fourth-order valence-corrected chi connectivity index (χ4v) is 2.78. The summed E-state index contributed by atoms with van der Waals surface area (Å²) in [4.78, 5) is 4.12. The number of hydrogen-bond acceptors (Lipinski definition) is 2. The summed E-state index contributed by atoms with van der Waals surface area (Å²) < 4.78 is 0. The number of aromatic nitrogens is 1. The number of alkyl halides is 1. The zero-order valence-electron chi connectivity index (χ0n) is 9.53. The van der Waals surface area contributed by atoms with Crippen molar-refractivity contribution in [2.24, 2.45) is 5.92 Å². The van der Waals surface area contributed by atoms with Crippen molar-refractivity contribution >= 4 is 11.6 Å². The standard InChI is InChI=1S/C13H19ClN2/c14-8-12-5-1-2-6-13(12)16-10-11-4-3-7-15-9-11/h3-4,7,9,12-13,16H,1-2,5-6,8,10H2. The van der Waals surface area contributed by atoms with Gasteiger partial charge >= 0.3 is 0 Å². The summed E-state index contributed by atoms with van der Waals surface area (Å²) in [5, 5.41) is 3.61. The van der Waals surface area contributed by atoms with Gasteiger partial charge in [0.25, 0.3) is 0 Å². The monoisotopic (exact) mass is 238 g/mol. The fraction of sp³-hybridized carbons (Fsp3) is 0.615. The van der Waals surface area contributed by atoms with Gasteiger partial charge in [0.1, 0.15) is 0 Å². The molecule has 1 N–H and O–H groups in total. The van der Waals surface area contributed by atoms with Crippen LogP contribution in [0.3, 0.4) is 0 Å². The van der Waals surface area contributed by atoms with Crippen molar-refractivity contribution in [1.82, 2.24) is 10.3 Å². The Morgan fingerprint density at radius 1 is 1.38 bits per heavy atom. The molecule has 2 rings (SSSR count). The molecule has 1 aliphatic rings. The highest BCUT2D eigenvalue weighted by Gasteiger charge is 2.23. The van der Waals surface area contributed by atoms with Gasteiger partial charge in [-0.2, -0.15) is 0 Å². The molecule has 0 amide bonds. The van der Waals surface area contributed by atoms with Crippen LogP contribution in [0.1, 0.15) is 31.2 Å². The molecule has 16 heavy (non-hydrogen) atoms. The van der Waals surface area contributed by atoms with Crippen molar-refractivity contribution in [1.29, 1.82) is 0 Å². The Morgan fingerprint density at radius 2 is 2.25 bits per heavy atom. The van der Waals surface area contributed by atoms with Crippen molar-refractivity contribution in [3.63, 3.8) is 0 Å². The van der Waals surface area contributed by atoms with Crippen molar-refractivity contribution in [3.8, 4) is 0 Å². The van der Waals surface area contributed by atoms with E-state index in [-0.39, 0.29) is 0 Å². The second-order valence-electron chi connectivity index (χ2n) is 4.55. The van der Waals surface area contributed by atoms with Gasteiger partial charge in [-0.15, -0.1) is 11.6 Å². The minimum atomic E-state index is 0.589. The van der Waals surface area contributed by atoms with Crippen molar-refractivity contribution in [2.45, 2.75) is 38.3 Å². The van der Waals surface area contributed by atoms with Crippen molar-refractivity contribution in [2.75, 3.05) is 5.88 Å². The van der Waals surface area contributed by atoms with Crippen LogP contribution in [0, 0.1) is 5.92 Å². The molecule has 1 heterocycles. The Hall–Kier alpha value is -0.600. The molecule has 0 spiro atoms. The molecule has 3 heteroatoms. The summed E-state index contributed by atoms with van der Waals surface area (Å²) in [6, 6.07) is 4.68. The van der Waals surface area contributed by atoms with E-state index in [2.05, 4.69) is 16.4 Å². The lowest BCUT2D eigenvalue weighted by Gasteiger charge is -2.31. The number of nitrogens with one attached hydrogen (secondary N) is 1. The van der Waals surface area contributed by atoms with E-state index in [0.717, 1.165) is 12.4 Å². The molecular formula is C13H19ClN2. The molecule has 1 aromatic rings. The van der Waals surface area contributed by atoms with Gasteiger partial charge in [0.05, 0.1) is 0 Å². The van der Waals surface area contributed by atoms with Crippen molar-refractivity contribution in [3.05, 3.63) is 30.1 Å². The lowest BCUT2D eigenvalue weighted by Crippen LogP contribution is -2.38. The predicted octanol–water partition coefficient (Wildman–Crippen LogP) is 2.97. The molecule has 2 nitrogen and oxygen atoms in total. The minimum absolute atomic E-state index is 0.589. The molecule has 2 atom stereocenters. The number of pyridine rings is 1. The first-order chi connectivity index (χ1) is 7.90. The molecule has 0 aliphatic heterocycles. The van der Waals surface area contributed by atoms with Crippen LogP contribution >= 0.6 is 11.6 Å². The molecular weight excluding hydrogens is 220 g/mol. The van der Waals surface area contributed by atoms with E-state index in [0.29, 0.717) is 12.0 Å². The normalized spacial score (nSPS) is 25.6. The molecule has 0 radical (unpaired) electrons. The average Bonchev–Trinajstić information content (AvgIpc) is 2.38. The summed E-state index contributed by atoms with van der Waals surface area (Å²) in [5.74, 6) is 1.43. The van der Waals surface area contributed by atoms with E-state index in [4.69, 9.17) is 11.6 Å². The summed E-state index contributed by atoms with van der Waals surface area (Å²) >= 11 is 6.00. The van der Waals surface area contributed by atoms with Gasteiger partial charge < -0.3 is 5.32 Å². The predicted molar refractivity (Wildman–Crippen MR) is 67.5 cm³/mol. The van der Waals surface area contributed by atoms with E-state index >= 15 is 0 Å². The molecule has 0 aromatic carbocycles. The third-order valence-electron chi connectivity index (χ3n) is 3.40. The SMILES string of the molecule is ClCC1CCCCC1NCc1cccnc1. The third-order valence-corrected chi connectivity index (χ3v) is 3.79. The molecule has 88 valence electrons. The number of nitrogens with zero attached hydrogens (tertiary/aromatic N) is 1. The van der Waals surface area contributed by atoms with Gasteiger partial charge in [-0.3, -0.25) is 4.98 Å². The third kappa shape index (κ3) is 3.19. The van der Waals surface area contributed by atoms with Crippen LogP contribution in [0.25, 0.3) is 0 Å². The van der Waals surface area contributed by atoms with Crippen LogP contribution in [-0.2, 0) is 6.54 Å². The smallest absolute Gasteiger partial charge is 0.0312 e. The maximum atomic E-state index is 6.00. The molecule has 1 aromatic heterocycles. The summed E-state index contributed by atoms with van der Waals surface area (Å²) in [6.07, 6.45) is 8.93. The van der Waals surface area contributed by atoms with Gasteiger partial charge in [0.15, 0.2) is 0 Å². The first kappa shape index (κ1) is 11.9. The molecule has 0 bridgehead atoms. The number of rotatable bonds is 4. The highest BCUT2D eigenvalue weighted by atomic mass is 35.5. The highest BCUT2D eigenvalue weighted by Crippen LogP contribution is 2.25. The van der Waals surface area contributed by atoms with Gasteiger partial charge in [0, 0.05) is 30.9 Å². The second-order valence-corrected chi connectivity index (χ2v) is 4.86. The number of halogens is 1. The summed E-state index contributed by atoms with van der Waals surface area (Å²) in [7, 11) is 0. The highest BCUT2D eigenvalue weighted by molar-refractivity contribution is 6.18. The van der Waals surface area contributed by atoms with E-state index in [1.807, 2.05) is 18.5 Å². The van der Waals surface area contributed by atoms with Crippen LogP contribution in [0.4, 0.5) is 0 Å². The van der Waals surface area contributed by atoms with Crippen LogP contribution in [0.5, 0.6) is 0 Å².